The number of rotatable bonds is 4. The zero-order chi connectivity index (χ0) is 13.8. The first-order chi connectivity index (χ1) is 9.11. The standard InChI is InChI=1S/C13H13FN2O2S/c1-3-18-13(17)11-8(2)16-19-12(11)15-10-6-4-9(14)5-7-10/h4-7,15H,3H2,1-2H3. The van der Waals surface area contributed by atoms with Crippen LogP contribution in [0.25, 0.3) is 0 Å². The van der Waals surface area contributed by atoms with Gasteiger partial charge in [-0.05, 0) is 49.6 Å². The number of halogens is 1. The van der Waals surface area contributed by atoms with E-state index in [1.54, 1.807) is 26.0 Å². The highest BCUT2D eigenvalue weighted by atomic mass is 32.1. The first-order valence-electron chi connectivity index (χ1n) is 5.77. The van der Waals surface area contributed by atoms with E-state index in [-0.39, 0.29) is 5.82 Å². The van der Waals surface area contributed by atoms with Crippen molar-refractivity contribution < 1.29 is 13.9 Å². The molecule has 0 aliphatic heterocycles. The minimum atomic E-state index is -0.404. The first kappa shape index (κ1) is 13.5. The van der Waals surface area contributed by atoms with E-state index in [1.165, 1.54) is 23.7 Å². The van der Waals surface area contributed by atoms with Gasteiger partial charge in [0.25, 0.3) is 0 Å². The van der Waals surface area contributed by atoms with E-state index in [0.29, 0.717) is 28.6 Å². The number of carbonyl (C=O) groups is 1. The van der Waals surface area contributed by atoms with E-state index in [9.17, 15) is 9.18 Å². The molecule has 0 bridgehead atoms. The molecule has 0 aliphatic rings. The molecule has 0 radical (unpaired) electrons. The first-order valence-corrected chi connectivity index (χ1v) is 6.55. The monoisotopic (exact) mass is 280 g/mol. The Hall–Kier alpha value is -1.95. The van der Waals surface area contributed by atoms with Gasteiger partial charge in [-0.1, -0.05) is 0 Å². The maximum absolute atomic E-state index is 12.8. The number of aromatic nitrogens is 1. The lowest BCUT2D eigenvalue weighted by Gasteiger charge is -2.06. The van der Waals surface area contributed by atoms with Gasteiger partial charge in [-0.2, -0.15) is 4.37 Å². The van der Waals surface area contributed by atoms with Crippen LogP contribution in [0.1, 0.15) is 23.0 Å². The summed E-state index contributed by atoms with van der Waals surface area (Å²) in [6.45, 7) is 3.81. The van der Waals surface area contributed by atoms with Crippen molar-refractivity contribution in [2.45, 2.75) is 13.8 Å². The molecule has 100 valence electrons. The summed E-state index contributed by atoms with van der Waals surface area (Å²) in [6, 6.07) is 5.89. The second kappa shape index (κ2) is 5.79. The lowest BCUT2D eigenvalue weighted by Crippen LogP contribution is -2.07. The molecule has 1 heterocycles. The third kappa shape index (κ3) is 3.08. The Morgan fingerprint density at radius 1 is 1.42 bits per heavy atom. The normalized spacial score (nSPS) is 10.3. The molecule has 0 saturated carbocycles. The van der Waals surface area contributed by atoms with Gasteiger partial charge in [-0.3, -0.25) is 0 Å². The van der Waals surface area contributed by atoms with Crippen molar-refractivity contribution >= 4 is 28.2 Å². The smallest absolute Gasteiger partial charge is 0.343 e. The highest BCUT2D eigenvalue weighted by Crippen LogP contribution is 2.28. The second-order valence-electron chi connectivity index (χ2n) is 3.82. The van der Waals surface area contributed by atoms with Crippen molar-refractivity contribution in [3.05, 3.63) is 41.3 Å². The van der Waals surface area contributed by atoms with Crippen LogP contribution < -0.4 is 5.32 Å². The molecule has 0 aliphatic carbocycles. The van der Waals surface area contributed by atoms with Gasteiger partial charge in [0.2, 0.25) is 0 Å². The van der Waals surface area contributed by atoms with Crippen LogP contribution in [0, 0.1) is 12.7 Å². The van der Waals surface area contributed by atoms with E-state index in [4.69, 9.17) is 4.74 Å². The Kier molecular flexibility index (Phi) is 4.11. The summed E-state index contributed by atoms with van der Waals surface area (Å²) in [5.41, 5.74) is 1.74. The van der Waals surface area contributed by atoms with Gasteiger partial charge in [0.15, 0.2) is 0 Å². The number of hydrogen-bond donors (Lipinski definition) is 1. The van der Waals surface area contributed by atoms with Crippen LogP contribution >= 0.6 is 11.5 Å². The predicted octanol–water partition coefficient (Wildman–Crippen LogP) is 3.51. The maximum atomic E-state index is 12.8. The van der Waals surface area contributed by atoms with Gasteiger partial charge in [-0.25, -0.2) is 9.18 Å². The molecule has 1 aromatic heterocycles. The minimum absolute atomic E-state index is 0.309. The molecule has 2 aromatic rings. The molecular weight excluding hydrogens is 267 g/mol. The maximum Gasteiger partial charge on any atom is 0.343 e. The van der Waals surface area contributed by atoms with Crippen molar-refractivity contribution in [3.8, 4) is 0 Å². The van der Waals surface area contributed by atoms with Crippen LogP contribution in [0.15, 0.2) is 24.3 Å². The summed E-state index contributed by atoms with van der Waals surface area (Å²) in [5, 5.41) is 3.65. The Balaban J connectivity index is 2.25. The molecule has 0 fully saturated rings. The van der Waals surface area contributed by atoms with Crippen LogP contribution in [-0.4, -0.2) is 16.9 Å². The van der Waals surface area contributed by atoms with Gasteiger partial charge in [0.05, 0.1) is 12.3 Å². The fourth-order valence-electron chi connectivity index (χ4n) is 1.56. The molecule has 19 heavy (non-hydrogen) atoms. The third-order valence-electron chi connectivity index (χ3n) is 2.44. The second-order valence-corrected chi connectivity index (χ2v) is 4.60. The number of nitrogens with zero attached hydrogens (tertiary/aromatic N) is 1. The number of anilines is 2. The van der Waals surface area contributed by atoms with E-state index < -0.39 is 5.97 Å². The Morgan fingerprint density at radius 2 is 2.11 bits per heavy atom. The van der Waals surface area contributed by atoms with Crippen LogP contribution in [0.3, 0.4) is 0 Å². The molecule has 0 unspecified atom stereocenters. The number of aryl methyl sites for hydroxylation is 1. The van der Waals surface area contributed by atoms with Gasteiger partial charge in [0, 0.05) is 5.69 Å². The summed E-state index contributed by atoms with van der Waals surface area (Å²) >= 11 is 1.17. The fourth-order valence-corrected chi connectivity index (χ4v) is 2.37. The summed E-state index contributed by atoms with van der Waals surface area (Å²) in [7, 11) is 0. The fraction of sp³-hybridized carbons (Fsp3) is 0.231. The van der Waals surface area contributed by atoms with E-state index in [1.807, 2.05) is 0 Å². The number of carbonyl (C=O) groups excluding carboxylic acids is 1. The quantitative estimate of drug-likeness (QED) is 0.871. The summed E-state index contributed by atoms with van der Waals surface area (Å²) < 4.78 is 22.0. The lowest BCUT2D eigenvalue weighted by atomic mass is 10.2. The highest BCUT2D eigenvalue weighted by molar-refractivity contribution is 7.10. The van der Waals surface area contributed by atoms with Crippen molar-refractivity contribution in [2.75, 3.05) is 11.9 Å². The van der Waals surface area contributed by atoms with Crippen molar-refractivity contribution in [2.24, 2.45) is 0 Å². The van der Waals surface area contributed by atoms with Gasteiger partial charge in [-0.15, -0.1) is 0 Å². The molecule has 0 spiro atoms. The number of esters is 1. The summed E-state index contributed by atoms with van der Waals surface area (Å²) in [6.07, 6.45) is 0. The topological polar surface area (TPSA) is 51.2 Å². The average Bonchev–Trinajstić information content (AvgIpc) is 2.74. The molecule has 2 rings (SSSR count). The zero-order valence-electron chi connectivity index (χ0n) is 10.6. The zero-order valence-corrected chi connectivity index (χ0v) is 11.4. The average molecular weight is 280 g/mol. The van der Waals surface area contributed by atoms with Crippen LogP contribution in [-0.2, 0) is 4.74 Å². The third-order valence-corrected chi connectivity index (χ3v) is 3.30. The van der Waals surface area contributed by atoms with Gasteiger partial charge >= 0.3 is 5.97 Å². The van der Waals surface area contributed by atoms with E-state index >= 15 is 0 Å². The van der Waals surface area contributed by atoms with Crippen molar-refractivity contribution in [1.82, 2.24) is 4.37 Å². The van der Waals surface area contributed by atoms with Gasteiger partial charge < -0.3 is 10.1 Å². The number of nitrogens with one attached hydrogen (secondary N) is 1. The molecular formula is C13H13FN2O2S. The number of ether oxygens (including phenoxy) is 1. The molecule has 0 saturated heterocycles. The molecule has 1 aromatic carbocycles. The molecule has 6 heteroatoms. The van der Waals surface area contributed by atoms with Crippen LogP contribution in [0.2, 0.25) is 0 Å². The highest BCUT2D eigenvalue weighted by Gasteiger charge is 2.19. The van der Waals surface area contributed by atoms with Crippen LogP contribution in [0.5, 0.6) is 0 Å². The lowest BCUT2D eigenvalue weighted by molar-refractivity contribution is 0.0527. The van der Waals surface area contributed by atoms with E-state index in [2.05, 4.69) is 9.69 Å². The van der Waals surface area contributed by atoms with Gasteiger partial charge in [0.1, 0.15) is 16.4 Å². The Bertz CT molecular complexity index is 581. The largest absolute Gasteiger partial charge is 0.462 e. The molecule has 0 atom stereocenters. The summed E-state index contributed by atoms with van der Waals surface area (Å²) in [4.78, 5) is 11.8. The van der Waals surface area contributed by atoms with E-state index in [0.717, 1.165) is 0 Å². The van der Waals surface area contributed by atoms with Crippen molar-refractivity contribution in [3.63, 3.8) is 0 Å². The SMILES string of the molecule is CCOC(=O)c1c(C)nsc1Nc1ccc(F)cc1. The molecule has 0 amide bonds. The Morgan fingerprint density at radius 3 is 2.74 bits per heavy atom. The number of hydrogen-bond acceptors (Lipinski definition) is 5. The molecule has 4 nitrogen and oxygen atoms in total. The minimum Gasteiger partial charge on any atom is -0.462 e. The Labute approximate surface area is 114 Å². The summed E-state index contributed by atoms with van der Waals surface area (Å²) in [5.74, 6) is -0.713. The van der Waals surface area contributed by atoms with Crippen LogP contribution in [0.4, 0.5) is 15.1 Å². The number of benzene rings is 1. The predicted molar refractivity (Wildman–Crippen MR) is 72.5 cm³/mol. The molecule has 1 N–H and O–H groups in total. The van der Waals surface area contributed by atoms with Crippen molar-refractivity contribution in [1.29, 1.82) is 0 Å².